The van der Waals surface area contributed by atoms with Crippen molar-refractivity contribution in [3.8, 4) is 0 Å². The van der Waals surface area contributed by atoms with E-state index in [1.165, 1.54) is 50.5 Å². The second-order valence-electron chi connectivity index (χ2n) is 8.51. The number of rotatable bonds is 0. The summed E-state index contributed by atoms with van der Waals surface area (Å²) in [5, 5.41) is 0. The van der Waals surface area contributed by atoms with Gasteiger partial charge in [-0.1, -0.05) is 25.3 Å². The molecule has 0 amide bonds. The molecule has 0 N–H and O–H groups in total. The van der Waals surface area contributed by atoms with E-state index in [0.29, 0.717) is 23.4 Å². The molecule has 6 unspecified atom stereocenters. The first-order valence-corrected chi connectivity index (χ1v) is 9.47. The highest BCUT2D eigenvalue weighted by atomic mass is 16.5. The smallest absolute Gasteiger partial charge is 0.155 e. The van der Waals surface area contributed by atoms with Gasteiger partial charge in [0.15, 0.2) is 5.78 Å². The highest BCUT2D eigenvalue weighted by Gasteiger charge is 2.48. The molecule has 6 atom stereocenters. The molecule has 122 valence electrons. The van der Waals surface area contributed by atoms with Gasteiger partial charge in [-0.15, -0.1) is 0 Å². The van der Waals surface area contributed by atoms with Gasteiger partial charge < -0.3 is 4.74 Å². The normalized spacial score (nSPS) is 48.5. The second-order valence-corrected chi connectivity index (χ2v) is 8.51. The monoisotopic (exact) mass is 302 g/mol. The van der Waals surface area contributed by atoms with Crippen LogP contribution in [0.1, 0.15) is 71.6 Å². The Hall–Kier alpha value is -0.630. The van der Waals surface area contributed by atoms with E-state index in [1.54, 1.807) is 0 Å². The van der Waals surface area contributed by atoms with E-state index in [2.05, 4.69) is 13.8 Å². The fourth-order valence-electron chi connectivity index (χ4n) is 6.07. The summed E-state index contributed by atoms with van der Waals surface area (Å²) in [4.78, 5) is 11.8. The van der Waals surface area contributed by atoms with Gasteiger partial charge in [0, 0.05) is 12.3 Å². The van der Waals surface area contributed by atoms with Gasteiger partial charge in [0.05, 0.1) is 12.2 Å². The van der Waals surface area contributed by atoms with E-state index in [9.17, 15) is 4.79 Å². The zero-order valence-electron chi connectivity index (χ0n) is 14.1. The number of hydrogen-bond donors (Lipinski definition) is 0. The molecule has 3 fully saturated rings. The maximum absolute atomic E-state index is 11.8. The van der Waals surface area contributed by atoms with E-state index < -0.39 is 0 Å². The van der Waals surface area contributed by atoms with Gasteiger partial charge >= 0.3 is 0 Å². The maximum Gasteiger partial charge on any atom is 0.155 e. The van der Waals surface area contributed by atoms with Crippen molar-refractivity contribution in [2.75, 3.05) is 0 Å². The molecular formula is C20H30O2. The predicted molar refractivity (Wildman–Crippen MR) is 87.6 cm³/mol. The molecule has 0 aromatic carbocycles. The number of ketones is 1. The fraction of sp³-hybridized carbons (Fsp3) is 0.850. The van der Waals surface area contributed by atoms with Gasteiger partial charge in [0.2, 0.25) is 0 Å². The third-order valence-corrected chi connectivity index (χ3v) is 7.48. The van der Waals surface area contributed by atoms with Crippen LogP contribution in [0.4, 0.5) is 0 Å². The van der Waals surface area contributed by atoms with Crippen LogP contribution in [0.2, 0.25) is 0 Å². The molecule has 22 heavy (non-hydrogen) atoms. The van der Waals surface area contributed by atoms with Gasteiger partial charge in [0.1, 0.15) is 0 Å². The lowest BCUT2D eigenvalue weighted by molar-refractivity contribution is -0.181. The predicted octanol–water partition coefficient (Wildman–Crippen LogP) is 4.68. The molecule has 1 saturated heterocycles. The summed E-state index contributed by atoms with van der Waals surface area (Å²) < 4.78 is 6.03. The number of fused-ring (bicyclic) bond motifs is 4. The fourth-order valence-corrected chi connectivity index (χ4v) is 6.07. The first kappa shape index (κ1) is 14.9. The number of carbonyl (C=O) groups excluding carboxylic acids is 1. The van der Waals surface area contributed by atoms with Crippen molar-refractivity contribution in [1.82, 2.24) is 0 Å². The lowest BCUT2D eigenvalue weighted by Gasteiger charge is -2.50. The van der Waals surface area contributed by atoms with Crippen LogP contribution < -0.4 is 0 Å². The summed E-state index contributed by atoms with van der Waals surface area (Å²) >= 11 is 0. The van der Waals surface area contributed by atoms with Gasteiger partial charge in [-0.05, 0) is 68.8 Å². The van der Waals surface area contributed by atoms with Crippen molar-refractivity contribution < 1.29 is 9.53 Å². The van der Waals surface area contributed by atoms with Crippen molar-refractivity contribution in [2.45, 2.75) is 83.8 Å². The van der Waals surface area contributed by atoms with Crippen LogP contribution in [0, 0.1) is 23.2 Å². The Morgan fingerprint density at radius 2 is 2.00 bits per heavy atom. The molecule has 0 bridgehead atoms. The molecule has 4 aliphatic rings. The Kier molecular flexibility index (Phi) is 3.71. The number of hydrogen-bond acceptors (Lipinski definition) is 2. The Balaban J connectivity index is 1.58. The van der Waals surface area contributed by atoms with E-state index in [-0.39, 0.29) is 0 Å². The quantitative estimate of drug-likeness (QED) is 0.649. The van der Waals surface area contributed by atoms with Crippen molar-refractivity contribution in [2.24, 2.45) is 23.2 Å². The highest BCUT2D eigenvalue weighted by molar-refractivity contribution is 5.91. The van der Waals surface area contributed by atoms with E-state index in [4.69, 9.17) is 4.74 Å². The summed E-state index contributed by atoms with van der Waals surface area (Å²) in [5.41, 5.74) is 1.77. The minimum Gasteiger partial charge on any atom is -0.374 e. The topological polar surface area (TPSA) is 26.3 Å². The average Bonchev–Trinajstić information content (AvgIpc) is 2.56. The molecule has 1 heterocycles. The molecular weight excluding hydrogens is 272 g/mol. The van der Waals surface area contributed by atoms with Crippen molar-refractivity contribution >= 4 is 5.78 Å². The molecule has 2 heteroatoms. The van der Waals surface area contributed by atoms with Crippen LogP contribution in [0.25, 0.3) is 0 Å². The molecule has 4 rings (SSSR count). The van der Waals surface area contributed by atoms with Crippen LogP contribution in [-0.4, -0.2) is 18.0 Å². The van der Waals surface area contributed by atoms with E-state index in [0.717, 1.165) is 30.6 Å². The molecule has 1 aliphatic heterocycles. The van der Waals surface area contributed by atoms with E-state index >= 15 is 0 Å². The van der Waals surface area contributed by atoms with Gasteiger partial charge in [0.25, 0.3) is 0 Å². The molecule has 0 aromatic rings. The van der Waals surface area contributed by atoms with Crippen LogP contribution in [0.15, 0.2) is 11.6 Å². The molecule has 3 aliphatic carbocycles. The summed E-state index contributed by atoms with van der Waals surface area (Å²) in [6.45, 7) is 4.71. The lowest BCUT2D eigenvalue weighted by Crippen LogP contribution is -2.47. The summed E-state index contributed by atoms with van der Waals surface area (Å²) in [6.07, 6.45) is 14.1. The SMILES string of the molecule is CC1OC2CCC3C(CCCC12)CCC1=CC(=O)CCC13C. The van der Waals surface area contributed by atoms with Crippen LogP contribution in [-0.2, 0) is 9.53 Å². The standard InChI is InChI=1S/C20H30O2/c1-13-17-5-3-4-14-6-7-15-12-16(21)10-11-20(15,2)18(14)8-9-19(17)22-13/h12-14,17-19H,3-11H2,1-2H3. The summed E-state index contributed by atoms with van der Waals surface area (Å²) in [6, 6.07) is 0. The lowest BCUT2D eigenvalue weighted by atomic mass is 9.54. The number of allylic oxidation sites excluding steroid dienone is 2. The van der Waals surface area contributed by atoms with Crippen LogP contribution >= 0.6 is 0 Å². The first-order valence-electron chi connectivity index (χ1n) is 9.47. The molecule has 0 aromatic heterocycles. The van der Waals surface area contributed by atoms with Crippen molar-refractivity contribution in [3.05, 3.63) is 11.6 Å². The van der Waals surface area contributed by atoms with Crippen molar-refractivity contribution in [3.63, 3.8) is 0 Å². The summed E-state index contributed by atoms with van der Waals surface area (Å²) in [5.74, 6) is 2.84. The minimum absolute atomic E-state index is 0.298. The Labute approximate surface area is 134 Å². The maximum atomic E-state index is 11.8. The highest BCUT2D eigenvalue weighted by Crippen LogP contribution is 2.56. The zero-order valence-corrected chi connectivity index (χ0v) is 14.1. The van der Waals surface area contributed by atoms with Gasteiger partial charge in [-0.25, -0.2) is 0 Å². The van der Waals surface area contributed by atoms with Crippen LogP contribution in [0.3, 0.4) is 0 Å². The molecule has 2 nitrogen and oxygen atoms in total. The third-order valence-electron chi connectivity index (χ3n) is 7.48. The second kappa shape index (κ2) is 5.47. The molecule has 0 radical (unpaired) electrons. The number of ether oxygens (including phenoxy) is 1. The first-order chi connectivity index (χ1) is 10.6. The summed E-state index contributed by atoms with van der Waals surface area (Å²) in [7, 11) is 0. The third kappa shape index (κ3) is 2.29. The zero-order chi connectivity index (χ0) is 15.3. The van der Waals surface area contributed by atoms with Gasteiger partial charge in [-0.3, -0.25) is 4.79 Å². The number of carbonyl (C=O) groups is 1. The van der Waals surface area contributed by atoms with Crippen molar-refractivity contribution in [1.29, 1.82) is 0 Å². The Bertz CT molecular complexity index is 494. The van der Waals surface area contributed by atoms with Gasteiger partial charge in [-0.2, -0.15) is 0 Å². The Morgan fingerprint density at radius 1 is 1.14 bits per heavy atom. The molecule has 2 saturated carbocycles. The molecule has 0 spiro atoms. The Morgan fingerprint density at radius 3 is 2.82 bits per heavy atom. The average molecular weight is 302 g/mol. The van der Waals surface area contributed by atoms with E-state index in [1.807, 2.05) is 6.08 Å². The largest absolute Gasteiger partial charge is 0.374 e. The minimum atomic E-state index is 0.298. The van der Waals surface area contributed by atoms with Crippen LogP contribution in [0.5, 0.6) is 0 Å².